The summed E-state index contributed by atoms with van der Waals surface area (Å²) < 4.78 is 0. The van der Waals surface area contributed by atoms with Crippen LogP contribution in [0.5, 0.6) is 0 Å². The van der Waals surface area contributed by atoms with E-state index >= 15 is 0 Å². The van der Waals surface area contributed by atoms with Gasteiger partial charge in [-0.2, -0.15) is 0 Å². The van der Waals surface area contributed by atoms with Gasteiger partial charge in [-0.3, -0.25) is 4.79 Å². The van der Waals surface area contributed by atoms with Gasteiger partial charge in [-0.25, -0.2) is 15.0 Å². The SMILES string of the molecule is CC(NC(=O)c1sc2nccnc2c1N)c1nccs1. The smallest absolute Gasteiger partial charge is 0.264 e. The molecule has 6 nitrogen and oxygen atoms in total. The number of anilines is 1. The molecule has 0 bridgehead atoms. The first-order valence-corrected chi connectivity index (χ1v) is 7.55. The molecule has 3 aromatic rings. The highest BCUT2D eigenvalue weighted by molar-refractivity contribution is 7.21. The second kappa shape index (κ2) is 5.14. The van der Waals surface area contributed by atoms with Crippen LogP contribution in [-0.4, -0.2) is 20.9 Å². The Morgan fingerprint density at radius 1 is 1.30 bits per heavy atom. The number of amides is 1. The third-order valence-electron chi connectivity index (χ3n) is 2.74. The van der Waals surface area contributed by atoms with Gasteiger partial charge in [-0.15, -0.1) is 22.7 Å². The van der Waals surface area contributed by atoms with Crippen LogP contribution in [0.1, 0.15) is 27.6 Å². The van der Waals surface area contributed by atoms with E-state index in [2.05, 4.69) is 20.3 Å². The van der Waals surface area contributed by atoms with Crippen LogP contribution in [0.15, 0.2) is 24.0 Å². The molecule has 0 saturated carbocycles. The molecule has 1 amide bonds. The lowest BCUT2D eigenvalue weighted by molar-refractivity contribution is 0.0945. The average molecular weight is 305 g/mol. The summed E-state index contributed by atoms with van der Waals surface area (Å²) in [7, 11) is 0. The summed E-state index contributed by atoms with van der Waals surface area (Å²) in [6, 6.07) is -0.159. The fraction of sp³-hybridized carbons (Fsp3) is 0.167. The Bertz CT molecular complexity index is 752. The molecular weight excluding hydrogens is 294 g/mol. The van der Waals surface area contributed by atoms with Crippen LogP contribution < -0.4 is 11.1 Å². The first-order valence-electron chi connectivity index (χ1n) is 5.86. The molecule has 0 spiro atoms. The van der Waals surface area contributed by atoms with Gasteiger partial charge in [0.1, 0.15) is 20.2 Å². The molecule has 1 atom stereocenters. The van der Waals surface area contributed by atoms with Crippen LogP contribution >= 0.6 is 22.7 Å². The molecule has 0 aliphatic rings. The fourth-order valence-electron chi connectivity index (χ4n) is 1.78. The number of nitrogens with one attached hydrogen (secondary N) is 1. The van der Waals surface area contributed by atoms with E-state index < -0.39 is 0 Å². The highest BCUT2D eigenvalue weighted by atomic mass is 32.1. The molecule has 0 fully saturated rings. The monoisotopic (exact) mass is 305 g/mol. The number of aromatic nitrogens is 3. The predicted octanol–water partition coefficient (Wildman–Crippen LogP) is 2.22. The third-order valence-corrected chi connectivity index (χ3v) is 4.80. The fourth-order valence-corrected chi connectivity index (χ4v) is 3.36. The van der Waals surface area contributed by atoms with E-state index in [1.807, 2.05) is 12.3 Å². The molecule has 0 saturated heterocycles. The maximum Gasteiger partial charge on any atom is 0.264 e. The van der Waals surface area contributed by atoms with Gasteiger partial charge in [0.15, 0.2) is 0 Å². The molecule has 0 aromatic carbocycles. The molecule has 3 N–H and O–H groups in total. The molecule has 1 unspecified atom stereocenters. The first-order chi connectivity index (χ1) is 9.66. The number of thiophene rings is 1. The molecule has 102 valence electrons. The highest BCUT2D eigenvalue weighted by Crippen LogP contribution is 2.30. The zero-order valence-corrected chi connectivity index (χ0v) is 12.2. The summed E-state index contributed by atoms with van der Waals surface area (Å²) in [6.07, 6.45) is 4.85. The Morgan fingerprint density at radius 3 is 2.80 bits per heavy atom. The number of nitrogens with zero attached hydrogens (tertiary/aromatic N) is 3. The van der Waals surface area contributed by atoms with Crippen molar-refractivity contribution >= 4 is 44.6 Å². The summed E-state index contributed by atoms with van der Waals surface area (Å²) in [5.41, 5.74) is 6.92. The van der Waals surface area contributed by atoms with E-state index in [1.54, 1.807) is 18.6 Å². The molecule has 0 aliphatic heterocycles. The Kier molecular flexibility index (Phi) is 3.33. The zero-order chi connectivity index (χ0) is 14.1. The van der Waals surface area contributed by atoms with Gasteiger partial charge in [0.2, 0.25) is 0 Å². The van der Waals surface area contributed by atoms with Gasteiger partial charge in [0.05, 0.1) is 11.7 Å². The Hall–Kier alpha value is -2.06. The van der Waals surface area contributed by atoms with Gasteiger partial charge in [0.25, 0.3) is 5.91 Å². The molecule has 3 aromatic heterocycles. The maximum atomic E-state index is 12.3. The predicted molar refractivity (Wildman–Crippen MR) is 79.8 cm³/mol. The molecule has 8 heteroatoms. The number of rotatable bonds is 3. The molecule has 3 rings (SSSR count). The second-order valence-electron chi connectivity index (χ2n) is 4.12. The Labute approximate surface area is 122 Å². The molecule has 0 aliphatic carbocycles. The van der Waals surface area contributed by atoms with E-state index in [4.69, 9.17) is 5.73 Å². The van der Waals surface area contributed by atoms with E-state index in [0.29, 0.717) is 20.9 Å². The van der Waals surface area contributed by atoms with Gasteiger partial charge in [0, 0.05) is 24.0 Å². The summed E-state index contributed by atoms with van der Waals surface area (Å²) in [5.74, 6) is -0.227. The van der Waals surface area contributed by atoms with Crippen LogP contribution in [0.4, 0.5) is 5.69 Å². The van der Waals surface area contributed by atoms with Crippen molar-refractivity contribution in [3.63, 3.8) is 0 Å². The highest BCUT2D eigenvalue weighted by Gasteiger charge is 2.20. The lowest BCUT2D eigenvalue weighted by atomic mass is 10.3. The largest absolute Gasteiger partial charge is 0.396 e. The lowest BCUT2D eigenvalue weighted by Crippen LogP contribution is -2.26. The normalized spacial score (nSPS) is 12.4. The number of carbonyl (C=O) groups is 1. The summed E-state index contributed by atoms with van der Waals surface area (Å²) in [4.78, 5) is 25.9. The minimum absolute atomic E-state index is 0.159. The van der Waals surface area contributed by atoms with Crippen molar-refractivity contribution < 1.29 is 4.79 Å². The number of carbonyl (C=O) groups excluding carboxylic acids is 1. The van der Waals surface area contributed by atoms with Crippen LogP contribution in [0, 0.1) is 0 Å². The minimum Gasteiger partial charge on any atom is -0.396 e. The standard InChI is InChI=1S/C12H11N5OS2/c1-6(11-16-4-5-19-11)17-10(18)9-7(13)8-12(20-9)15-3-2-14-8/h2-6H,13H2,1H3,(H,17,18). The van der Waals surface area contributed by atoms with Gasteiger partial charge < -0.3 is 11.1 Å². The third kappa shape index (κ3) is 2.23. The molecular formula is C12H11N5OS2. The quantitative estimate of drug-likeness (QED) is 0.774. The van der Waals surface area contributed by atoms with Crippen LogP contribution in [-0.2, 0) is 0 Å². The topological polar surface area (TPSA) is 93.8 Å². The number of nitrogen functional groups attached to an aromatic ring is 1. The van der Waals surface area contributed by atoms with Crippen molar-refractivity contribution in [1.29, 1.82) is 0 Å². The van der Waals surface area contributed by atoms with Crippen molar-refractivity contribution in [3.8, 4) is 0 Å². The van der Waals surface area contributed by atoms with Crippen molar-refractivity contribution in [1.82, 2.24) is 20.3 Å². The number of hydrogen-bond donors (Lipinski definition) is 2. The van der Waals surface area contributed by atoms with Crippen molar-refractivity contribution in [3.05, 3.63) is 33.9 Å². The number of fused-ring (bicyclic) bond motifs is 1. The lowest BCUT2D eigenvalue weighted by Gasteiger charge is -2.10. The van der Waals surface area contributed by atoms with Crippen molar-refractivity contribution in [2.75, 3.05) is 5.73 Å². The van der Waals surface area contributed by atoms with Crippen LogP contribution in [0.25, 0.3) is 10.3 Å². The first kappa shape index (κ1) is 12.9. The van der Waals surface area contributed by atoms with Crippen molar-refractivity contribution in [2.45, 2.75) is 13.0 Å². The zero-order valence-electron chi connectivity index (χ0n) is 10.5. The summed E-state index contributed by atoms with van der Waals surface area (Å²) in [6.45, 7) is 1.89. The van der Waals surface area contributed by atoms with Crippen LogP contribution in [0.2, 0.25) is 0 Å². The summed E-state index contributed by atoms with van der Waals surface area (Å²) >= 11 is 2.74. The molecule has 20 heavy (non-hydrogen) atoms. The van der Waals surface area contributed by atoms with Crippen molar-refractivity contribution in [2.24, 2.45) is 0 Å². The van der Waals surface area contributed by atoms with E-state index in [9.17, 15) is 4.79 Å². The van der Waals surface area contributed by atoms with E-state index in [0.717, 1.165) is 5.01 Å². The average Bonchev–Trinajstić information content (AvgIpc) is 3.07. The maximum absolute atomic E-state index is 12.3. The number of nitrogens with two attached hydrogens (primary N) is 1. The molecule has 0 radical (unpaired) electrons. The number of hydrogen-bond acceptors (Lipinski definition) is 7. The summed E-state index contributed by atoms with van der Waals surface area (Å²) in [5, 5.41) is 5.61. The second-order valence-corrected chi connectivity index (χ2v) is 6.05. The Balaban J connectivity index is 1.87. The van der Waals surface area contributed by atoms with Gasteiger partial charge in [-0.1, -0.05) is 0 Å². The Morgan fingerprint density at radius 2 is 2.10 bits per heavy atom. The van der Waals surface area contributed by atoms with Crippen LogP contribution in [0.3, 0.4) is 0 Å². The van der Waals surface area contributed by atoms with E-state index in [1.165, 1.54) is 22.7 Å². The van der Waals surface area contributed by atoms with E-state index in [-0.39, 0.29) is 11.9 Å². The van der Waals surface area contributed by atoms with Gasteiger partial charge in [-0.05, 0) is 6.92 Å². The van der Waals surface area contributed by atoms with Gasteiger partial charge >= 0.3 is 0 Å². The molecule has 3 heterocycles. The minimum atomic E-state index is -0.227. The number of thiazole rings is 1.